The first-order valence-electron chi connectivity index (χ1n) is 5.83. The second-order valence-electron chi connectivity index (χ2n) is 4.26. The Morgan fingerprint density at radius 2 is 2.00 bits per heavy atom. The Morgan fingerprint density at radius 1 is 1.33 bits per heavy atom. The third-order valence-corrected chi connectivity index (χ3v) is 4.33. The second-order valence-corrected chi connectivity index (χ2v) is 5.35. The molecule has 0 aliphatic carbocycles. The molecule has 0 spiro atoms. The van der Waals surface area contributed by atoms with E-state index in [0.29, 0.717) is 0 Å². The Morgan fingerprint density at radius 3 is 2.47 bits per heavy atom. The van der Waals surface area contributed by atoms with Gasteiger partial charge in [-0.15, -0.1) is 11.3 Å². The molecule has 1 aromatic heterocycles. The van der Waals surface area contributed by atoms with Gasteiger partial charge in [-0.2, -0.15) is 0 Å². The average Bonchev–Trinajstić information content (AvgIpc) is 2.62. The summed E-state index contributed by atoms with van der Waals surface area (Å²) in [5, 5.41) is 1.10. The zero-order valence-corrected chi connectivity index (χ0v) is 11.1. The number of hydrogen-bond acceptors (Lipinski definition) is 3. The first-order valence-corrected chi connectivity index (χ1v) is 6.64. The lowest BCUT2D eigenvalue weighted by Gasteiger charge is -2.18. The van der Waals surface area contributed by atoms with E-state index >= 15 is 0 Å². The van der Waals surface area contributed by atoms with Crippen LogP contribution in [0.2, 0.25) is 0 Å². The fourth-order valence-electron chi connectivity index (χ4n) is 1.49. The highest BCUT2D eigenvalue weighted by molar-refractivity contribution is 7.11. The maximum Gasteiger partial charge on any atom is 0.113 e. The molecule has 86 valence electrons. The Bertz CT molecular complexity index is 315. The van der Waals surface area contributed by atoms with Crippen molar-refractivity contribution in [3.8, 4) is 0 Å². The topological polar surface area (TPSA) is 38.9 Å². The summed E-state index contributed by atoms with van der Waals surface area (Å²) >= 11 is 1.79. The number of nitrogens with zero attached hydrogens (tertiary/aromatic N) is 1. The molecule has 1 heterocycles. The Kier molecular flexibility index (Phi) is 4.29. The van der Waals surface area contributed by atoms with Crippen molar-refractivity contribution in [2.24, 2.45) is 5.73 Å². The maximum atomic E-state index is 6.22. The van der Waals surface area contributed by atoms with Crippen molar-refractivity contribution >= 4 is 11.3 Å². The molecule has 2 nitrogen and oxygen atoms in total. The summed E-state index contributed by atoms with van der Waals surface area (Å²) in [5.41, 5.74) is 7.24. The summed E-state index contributed by atoms with van der Waals surface area (Å²) in [4.78, 5) is 6.12. The third kappa shape index (κ3) is 2.79. The lowest BCUT2D eigenvalue weighted by Crippen LogP contribution is -2.31. The van der Waals surface area contributed by atoms with Gasteiger partial charge in [-0.1, -0.05) is 27.2 Å². The number of hydrogen-bond donors (Lipinski definition) is 1. The molecule has 0 saturated heterocycles. The van der Waals surface area contributed by atoms with Gasteiger partial charge in [0.25, 0.3) is 0 Å². The smallest absolute Gasteiger partial charge is 0.113 e. The highest BCUT2D eigenvalue weighted by Gasteiger charge is 2.24. The minimum absolute atomic E-state index is 0.249. The second kappa shape index (κ2) is 5.08. The van der Waals surface area contributed by atoms with Crippen LogP contribution in [0.4, 0.5) is 0 Å². The highest BCUT2D eigenvalue weighted by atomic mass is 32.1. The third-order valence-electron chi connectivity index (χ3n) is 2.81. The zero-order chi connectivity index (χ0) is 11.5. The minimum atomic E-state index is -0.249. The van der Waals surface area contributed by atoms with Crippen molar-refractivity contribution in [1.29, 1.82) is 0 Å². The fraction of sp³-hybridized carbons (Fsp3) is 0.750. The Labute approximate surface area is 96.9 Å². The number of aryl methyl sites for hydroxylation is 2. The van der Waals surface area contributed by atoms with Crippen molar-refractivity contribution < 1.29 is 0 Å². The average molecular weight is 226 g/mol. The molecule has 0 radical (unpaired) electrons. The van der Waals surface area contributed by atoms with Gasteiger partial charge in [0.1, 0.15) is 5.01 Å². The van der Waals surface area contributed by atoms with Crippen LogP contribution in [-0.4, -0.2) is 4.98 Å². The van der Waals surface area contributed by atoms with Crippen LogP contribution in [0.15, 0.2) is 0 Å². The van der Waals surface area contributed by atoms with Crippen LogP contribution < -0.4 is 5.73 Å². The molecule has 1 rings (SSSR count). The standard InChI is InChI=1S/C12H22N2S/c1-5-8-9-10(6-2)15-11(14-9)12(4,13)7-3/h5-8,13H2,1-4H3. The van der Waals surface area contributed by atoms with Crippen LogP contribution in [0.1, 0.15) is 56.1 Å². The molecule has 0 fully saturated rings. The minimum Gasteiger partial charge on any atom is -0.320 e. The van der Waals surface area contributed by atoms with Crippen LogP contribution in [0, 0.1) is 0 Å². The highest BCUT2D eigenvalue weighted by Crippen LogP contribution is 2.29. The van der Waals surface area contributed by atoms with Crippen molar-refractivity contribution in [3.63, 3.8) is 0 Å². The quantitative estimate of drug-likeness (QED) is 0.837. The van der Waals surface area contributed by atoms with E-state index in [1.807, 2.05) is 0 Å². The number of rotatable bonds is 5. The molecule has 2 N–H and O–H groups in total. The molecule has 3 heteroatoms. The number of nitrogens with two attached hydrogens (primary N) is 1. The van der Waals surface area contributed by atoms with Crippen molar-refractivity contribution in [2.75, 3.05) is 0 Å². The SMILES string of the molecule is CCCc1nc(C(C)(N)CC)sc1CC. The molecule has 0 bridgehead atoms. The molecule has 0 amide bonds. The molecule has 15 heavy (non-hydrogen) atoms. The van der Waals surface area contributed by atoms with Crippen LogP contribution in [-0.2, 0) is 18.4 Å². The van der Waals surface area contributed by atoms with Gasteiger partial charge in [-0.05, 0) is 26.2 Å². The number of aromatic nitrogens is 1. The van der Waals surface area contributed by atoms with E-state index in [4.69, 9.17) is 10.7 Å². The number of thiazole rings is 1. The van der Waals surface area contributed by atoms with E-state index in [1.165, 1.54) is 10.6 Å². The van der Waals surface area contributed by atoms with Crippen molar-refractivity contribution in [3.05, 3.63) is 15.6 Å². The van der Waals surface area contributed by atoms with Crippen LogP contribution in [0.5, 0.6) is 0 Å². The van der Waals surface area contributed by atoms with Gasteiger partial charge in [-0.25, -0.2) is 4.98 Å². The summed E-state index contributed by atoms with van der Waals surface area (Å²) in [6.07, 6.45) is 4.26. The predicted octanol–water partition coefficient (Wildman–Crippen LogP) is 3.24. The van der Waals surface area contributed by atoms with Crippen LogP contribution in [0.25, 0.3) is 0 Å². The first-order chi connectivity index (χ1) is 7.05. The predicted molar refractivity (Wildman–Crippen MR) is 67.3 cm³/mol. The van der Waals surface area contributed by atoms with Gasteiger partial charge >= 0.3 is 0 Å². The van der Waals surface area contributed by atoms with E-state index in [9.17, 15) is 0 Å². The summed E-state index contributed by atoms with van der Waals surface area (Å²) in [5.74, 6) is 0. The van der Waals surface area contributed by atoms with Crippen molar-refractivity contribution in [1.82, 2.24) is 4.98 Å². The van der Waals surface area contributed by atoms with Crippen LogP contribution >= 0.6 is 11.3 Å². The fourth-order valence-corrected chi connectivity index (χ4v) is 2.66. The van der Waals surface area contributed by atoms with E-state index in [1.54, 1.807) is 11.3 Å². The summed E-state index contributed by atoms with van der Waals surface area (Å²) in [7, 11) is 0. The van der Waals surface area contributed by atoms with E-state index in [2.05, 4.69) is 27.7 Å². The van der Waals surface area contributed by atoms with E-state index in [-0.39, 0.29) is 5.54 Å². The van der Waals surface area contributed by atoms with Gasteiger partial charge in [-0.3, -0.25) is 0 Å². The Hall–Kier alpha value is -0.410. The summed E-state index contributed by atoms with van der Waals surface area (Å²) < 4.78 is 0. The van der Waals surface area contributed by atoms with E-state index < -0.39 is 0 Å². The Balaban J connectivity index is 3.01. The molecule has 0 aromatic carbocycles. The zero-order valence-electron chi connectivity index (χ0n) is 10.3. The molecule has 0 aliphatic rings. The van der Waals surface area contributed by atoms with Gasteiger partial charge in [0.15, 0.2) is 0 Å². The van der Waals surface area contributed by atoms with Crippen molar-refractivity contribution in [2.45, 2.75) is 58.9 Å². The normalized spacial score (nSPS) is 15.3. The lowest BCUT2D eigenvalue weighted by atomic mass is 10.0. The van der Waals surface area contributed by atoms with Gasteiger partial charge in [0.2, 0.25) is 0 Å². The summed E-state index contributed by atoms with van der Waals surface area (Å²) in [6.45, 7) is 8.57. The molecule has 1 aromatic rings. The first kappa shape index (κ1) is 12.7. The summed E-state index contributed by atoms with van der Waals surface area (Å²) in [6, 6.07) is 0. The lowest BCUT2D eigenvalue weighted by molar-refractivity contribution is 0.472. The molecular weight excluding hydrogens is 204 g/mol. The van der Waals surface area contributed by atoms with Gasteiger partial charge in [0.05, 0.1) is 11.2 Å². The molecule has 0 aliphatic heterocycles. The molecular formula is C12H22N2S. The maximum absolute atomic E-state index is 6.22. The van der Waals surface area contributed by atoms with Gasteiger partial charge in [0, 0.05) is 4.88 Å². The van der Waals surface area contributed by atoms with Crippen LogP contribution in [0.3, 0.4) is 0 Å². The largest absolute Gasteiger partial charge is 0.320 e. The van der Waals surface area contributed by atoms with Gasteiger partial charge < -0.3 is 5.73 Å². The molecule has 0 saturated carbocycles. The monoisotopic (exact) mass is 226 g/mol. The molecule has 1 unspecified atom stereocenters. The van der Waals surface area contributed by atoms with E-state index in [0.717, 1.165) is 30.7 Å². The molecule has 1 atom stereocenters.